The van der Waals surface area contributed by atoms with Crippen molar-refractivity contribution >= 4 is 17.5 Å². The van der Waals surface area contributed by atoms with Crippen LogP contribution in [0.3, 0.4) is 0 Å². The highest BCUT2D eigenvalue weighted by atomic mass is 16.5. The first-order chi connectivity index (χ1) is 20.1. The van der Waals surface area contributed by atoms with Crippen LogP contribution in [-0.4, -0.2) is 38.1 Å². The summed E-state index contributed by atoms with van der Waals surface area (Å²) < 4.78 is 16.8. The summed E-state index contributed by atoms with van der Waals surface area (Å²) in [5.74, 6) is 1.49. The molecule has 8 nitrogen and oxygen atoms in total. The Labute approximate surface area is 250 Å². The number of nitrogens with one attached hydrogen (secondary N) is 2. The van der Waals surface area contributed by atoms with Gasteiger partial charge in [0.2, 0.25) is 5.91 Å². The van der Waals surface area contributed by atoms with Gasteiger partial charge in [0.25, 0.3) is 5.91 Å². The molecule has 8 heteroatoms. The lowest BCUT2D eigenvalue weighted by molar-refractivity contribution is -0.116. The summed E-state index contributed by atoms with van der Waals surface area (Å²) in [4.78, 5) is 30.2. The molecule has 1 aromatic heterocycles. The number of aromatic nitrogens is 1. The number of rotatable bonds is 14. The zero-order chi connectivity index (χ0) is 30.7. The van der Waals surface area contributed by atoms with Gasteiger partial charge in [-0.3, -0.25) is 14.6 Å². The topological polar surface area (TPSA) is 98.8 Å². The maximum Gasteiger partial charge on any atom is 0.253 e. The number of methoxy groups -OCH3 is 3. The summed E-state index contributed by atoms with van der Waals surface area (Å²) in [5, 5.41) is 6.14. The number of ether oxygens (including phenoxy) is 3. The second kappa shape index (κ2) is 15.2. The summed E-state index contributed by atoms with van der Waals surface area (Å²) in [6.07, 6.45) is 7.43. The molecule has 1 atom stereocenters. The van der Waals surface area contributed by atoms with E-state index in [0.29, 0.717) is 29.4 Å². The highest BCUT2D eigenvalue weighted by molar-refractivity contribution is 5.94. The predicted molar refractivity (Wildman–Crippen MR) is 167 cm³/mol. The lowest BCUT2D eigenvalue weighted by Gasteiger charge is -2.25. The van der Waals surface area contributed by atoms with Crippen molar-refractivity contribution in [2.75, 3.05) is 26.6 Å². The smallest absolute Gasteiger partial charge is 0.253 e. The van der Waals surface area contributed by atoms with E-state index < -0.39 is 0 Å². The van der Waals surface area contributed by atoms with E-state index in [1.54, 1.807) is 39.7 Å². The predicted octanol–water partition coefficient (Wildman–Crippen LogP) is 7.03. The molecule has 0 aliphatic carbocycles. The Morgan fingerprint density at radius 2 is 1.64 bits per heavy atom. The van der Waals surface area contributed by atoms with Gasteiger partial charge in [-0.2, -0.15) is 0 Å². The summed E-state index contributed by atoms with van der Waals surface area (Å²) in [7, 11) is 4.82. The van der Waals surface area contributed by atoms with Crippen LogP contribution in [0.2, 0.25) is 0 Å². The minimum atomic E-state index is -0.202. The molecule has 0 radical (unpaired) electrons. The molecule has 3 rings (SSSR count). The van der Waals surface area contributed by atoms with Crippen LogP contribution in [0.1, 0.15) is 92.8 Å². The molecule has 2 N–H and O–H groups in total. The maximum atomic E-state index is 13.7. The van der Waals surface area contributed by atoms with Gasteiger partial charge in [0, 0.05) is 42.7 Å². The second-order valence-electron chi connectivity index (χ2n) is 11.4. The van der Waals surface area contributed by atoms with Gasteiger partial charge in [0.05, 0.1) is 26.9 Å². The van der Waals surface area contributed by atoms with E-state index in [4.69, 9.17) is 14.2 Å². The molecule has 2 aromatic carbocycles. The van der Waals surface area contributed by atoms with Gasteiger partial charge in [-0.15, -0.1) is 0 Å². The van der Waals surface area contributed by atoms with Gasteiger partial charge >= 0.3 is 0 Å². The quantitative estimate of drug-likeness (QED) is 0.200. The third-order valence-corrected chi connectivity index (χ3v) is 7.31. The van der Waals surface area contributed by atoms with E-state index in [2.05, 4.69) is 43.3 Å². The Balaban J connectivity index is 1.86. The summed E-state index contributed by atoms with van der Waals surface area (Å²) in [5.41, 5.74) is 3.86. The van der Waals surface area contributed by atoms with Crippen molar-refractivity contribution in [1.29, 1.82) is 0 Å². The van der Waals surface area contributed by atoms with Gasteiger partial charge in [-0.1, -0.05) is 59.1 Å². The molecule has 0 bridgehead atoms. The highest BCUT2D eigenvalue weighted by Gasteiger charge is 2.25. The van der Waals surface area contributed by atoms with E-state index in [9.17, 15) is 9.59 Å². The molecule has 226 valence electrons. The fourth-order valence-corrected chi connectivity index (χ4v) is 5.05. The molecule has 2 amide bonds. The van der Waals surface area contributed by atoms with Crippen LogP contribution in [0.15, 0.2) is 54.9 Å². The molecular weight excluding hydrogens is 530 g/mol. The van der Waals surface area contributed by atoms with Crippen LogP contribution in [0.5, 0.6) is 17.2 Å². The van der Waals surface area contributed by atoms with E-state index >= 15 is 0 Å². The molecule has 0 saturated carbocycles. The van der Waals surface area contributed by atoms with E-state index in [0.717, 1.165) is 48.1 Å². The first-order valence-corrected chi connectivity index (χ1v) is 14.5. The first-order valence-electron chi connectivity index (χ1n) is 14.5. The number of nitrogens with zero attached hydrogens (tertiary/aromatic N) is 1. The highest BCUT2D eigenvalue weighted by Crippen LogP contribution is 2.41. The minimum absolute atomic E-state index is 0.0775. The maximum absolute atomic E-state index is 13.7. The van der Waals surface area contributed by atoms with Crippen LogP contribution < -0.4 is 24.8 Å². The van der Waals surface area contributed by atoms with Gasteiger partial charge in [0.1, 0.15) is 5.75 Å². The fraction of sp³-hybridized carbons (Fsp3) is 0.441. The SMILES string of the molecule is CCCCCC(CC(=O)Nc1cc(CNC(=O)c2cccnc2)ccc1C(C)(C)C)c1cc(OC)c(OC)cc1OC. The fourth-order valence-electron chi connectivity index (χ4n) is 5.05. The van der Waals surface area contributed by atoms with Crippen LogP contribution >= 0.6 is 0 Å². The number of benzene rings is 2. The van der Waals surface area contributed by atoms with Crippen molar-refractivity contribution in [3.05, 3.63) is 77.1 Å². The molecule has 0 saturated heterocycles. The van der Waals surface area contributed by atoms with Gasteiger partial charge in [-0.05, 0) is 53.1 Å². The van der Waals surface area contributed by atoms with E-state index in [-0.39, 0.29) is 29.6 Å². The minimum Gasteiger partial charge on any atom is -0.496 e. The molecule has 0 spiro atoms. The van der Waals surface area contributed by atoms with Crippen LogP contribution in [0.4, 0.5) is 5.69 Å². The number of hydrogen-bond donors (Lipinski definition) is 2. The average Bonchev–Trinajstić information content (AvgIpc) is 2.98. The number of hydrogen-bond acceptors (Lipinski definition) is 6. The Kier molecular flexibility index (Phi) is 11.8. The monoisotopic (exact) mass is 575 g/mol. The van der Waals surface area contributed by atoms with Crippen LogP contribution in [0.25, 0.3) is 0 Å². The van der Waals surface area contributed by atoms with E-state index in [1.165, 1.54) is 6.20 Å². The Bertz CT molecular complexity index is 1330. The number of unbranched alkanes of at least 4 members (excludes halogenated alkanes) is 2. The van der Waals surface area contributed by atoms with Crippen molar-refractivity contribution in [3.63, 3.8) is 0 Å². The average molecular weight is 576 g/mol. The number of anilines is 1. The summed E-state index contributed by atoms with van der Waals surface area (Å²) in [6.45, 7) is 8.83. The molecule has 0 aliphatic heterocycles. The van der Waals surface area contributed by atoms with Gasteiger partial charge in [-0.25, -0.2) is 0 Å². The van der Waals surface area contributed by atoms with Crippen molar-refractivity contribution in [2.24, 2.45) is 0 Å². The van der Waals surface area contributed by atoms with Crippen molar-refractivity contribution in [1.82, 2.24) is 10.3 Å². The van der Waals surface area contributed by atoms with E-state index in [1.807, 2.05) is 30.3 Å². The van der Waals surface area contributed by atoms with Crippen LogP contribution in [-0.2, 0) is 16.8 Å². The number of carbonyl (C=O) groups excluding carboxylic acids is 2. The molecule has 42 heavy (non-hydrogen) atoms. The molecule has 1 heterocycles. The zero-order valence-corrected chi connectivity index (χ0v) is 26.0. The molecule has 0 aliphatic rings. The van der Waals surface area contributed by atoms with Crippen LogP contribution in [0, 0.1) is 0 Å². The molecule has 0 fully saturated rings. The second-order valence-corrected chi connectivity index (χ2v) is 11.4. The first kappa shape index (κ1) is 32.4. The van der Waals surface area contributed by atoms with Gasteiger partial charge in [0.15, 0.2) is 11.5 Å². The molecule has 3 aromatic rings. The Hall–Kier alpha value is -4.07. The summed E-state index contributed by atoms with van der Waals surface area (Å²) >= 11 is 0. The third-order valence-electron chi connectivity index (χ3n) is 7.31. The molecule has 1 unspecified atom stereocenters. The largest absolute Gasteiger partial charge is 0.496 e. The Morgan fingerprint density at radius 1 is 0.929 bits per heavy atom. The Morgan fingerprint density at radius 3 is 2.26 bits per heavy atom. The van der Waals surface area contributed by atoms with Crippen molar-refractivity contribution in [3.8, 4) is 17.2 Å². The lowest BCUT2D eigenvalue weighted by atomic mass is 9.84. The lowest BCUT2D eigenvalue weighted by Crippen LogP contribution is -2.24. The summed E-state index contributed by atoms with van der Waals surface area (Å²) in [6, 6.07) is 13.2. The van der Waals surface area contributed by atoms with Crippen molar-refractivity contribution < 1.29 is 23.8 Å². The normalized spacial score (nSPS) is 11.9. The number of pyridine rings is 1. The molecular formula is C34H45N3O5. The zero-order valence-electron chi connectivity index (χ0n) is 26.0. The third kappa shape index (κ3) is 8.71. The number of amides is 2. The van der Waals surface area contributed by atoms with Crippen molar-refractivity contribution in [2.45, 2.75) is 77.7 Å². The number of carbonyl (C=O) groups is 2. The standard InChI is InChI=1S/C34H45N3O5/c1-8-9-10-12-24(26-19-30(41-6)31(42-7)20-29(26)40-5)18-32(38)37-28-17-23(14-15-27(28)34(2,3)4)21-36-33(39)25-13-11-16-35-22-25/h11,13-17,19-20,22,24H,8-10,12,18,21H2,1-7H3,(H,36,39)(H,37,38). The van der Waals surface area contributed by atoms with Gasteiger partial charge < -0.3 is 24.8 Å².